The Labute approximate surface area is 89.7 Å². The fourth-order valence-electron chi connectivity index (χ4n) is 1.55. The van der Waals surface area contributed by atoms with Gasteiger partial charge < -0.3 is 0 Å². The quantitative estimate of drug-likeness (QED) is 0.682. The summed E-state index contributed by atoms with van der Waals surface area (Å²) in [7, 11) is -4.62. The first-order valence-corrected chi connectivity index (χ1v) is 6.20. The van der Waals surface area contributed by atoms with Gasteiger partial charge in [0.05, 0.1) is 0 Å². The zero-order chi connectivity index (χ0) is 12.6. The third-order valence-corrected chi connectivity index (χ3v) is 4.28. The monoisotopic (exact) mass is 258 g/mol. The highest BCUT2D eigenvalue weighted by Gasteiger charge is 2.44. The topological polar surface area (TPSA) is 68.3 Å². The van der Waals surface area contributed by atoms with Crippen molar-refractivity contribution in [3.63, 3.8) is 0 Å². The molecule has 16 heavy (non-hydrogen) atoms. The summed E-state index contributed by atoms with van der Waals surface area (Å²) in [4.78, 5) is 22.1. The maximum absolute atomic E-state index is 12.0. The lowest BCUT2D eigenvalue weighted by molar-refractivity contribution is -0.137. The zero-order valence-corrected chi connectivity index (χ0v) is 8.90. The van der Waals surface area contributed by atoms with Gasteiger partial charge in [-0.05, 0) is 12.8 Å². The highest BCUT2D eigenvalue weighted by molar-refractivity contribution is 7.93. The number of Topliss-reactive ketones (excluding diaryl/α,β-unsaturated/α-hetero) is 2. The molecule has 1 unspecified atom stereocenters. The van der Waals surface area contributed by atoms with Crippen molar-refractivity contribution in [3.05, 3.63) is 0 Å². The van der Waals surface area contributed by atoms with Gasteiger partial charge in [0.1, 0.15) is 11.0 Å². The summed E-state index contributed by atoms with van der Waals surface area (Å²) in [5.74, 6) is -4.17. The van der Waals surface area contributed by atoms with Crippen molar-refractivity contribution in [2.45, 2.75) is 30.7 Å². The third kappa shape index (κ3) is 3.03. The number of ketones is 2. The average Bonchev–Trinajstić information content (AvgIpc) is 2.05. The Morgan fingerprint density at radius 3 is 2.31 bits per heavy atom. The Balaban J connectivity index is 2.91. The molecule has 0 amide bonds. The van der Waals surface area contributed by atoms with Crippen LogP contribution >= 0.6 is 0 Å². The summed E-state index contributed by atoms with van der Waals surface area (Å²) >= 11 is 0. The van der Waals surface area contributed by atoms with Crippen LogP contribution in [-0.2, 0) is 19.4 Å². The Morgan fingerprint density at radius 1 is 1.25 bits per heavy atom. The van der Waals surface area contributed by atoms with Crippen LogP contribution < -0.4 is 0 Å². The van der Waals surface area contributed by atoms with E-state index < -0.39 is 38.6 Å². The molecule has 92 valence electrons. The highest BCUT2D eigenvalue weighted by Crippen LogP contribution is 2.25. The number of hydrogen-bond acceptors (Lipinski definition) is 4. The van der Waals surface area contributed by atoms with Crippen LogP contribution in [0.25, 0.3) is 0 Å². The van der Waals surface area contributed by atoms with Gasteiger partial charge >= 0.3 is 6.18 Å². The molecule has 0 bridgehead atoms. The van der Waals surface area contributed by atoms with E-state index in [4.69, 9.17) is 0 Å². The standard InChI is InChI=1S/C8H9F3O4S/c9-8(10,11)4-16(14,15)6-3-1-2-5(12)7(6)13/h6H,1-4H2. The Morgan fingerprint density at radius 2 is 1.81 bits per heavy atom. The SMILES string of the molecule is O=C1CCCC(S(=O)(=O)CC(F)(F)F)C1=O. The predicted molar refractivity (Wildman–Crippen MR) is 47.5 cm³/mol. The first-order valence-electron chi connectivity index (χ1n) is 4.49. The second-order valence-electron chi connectivity index (χ2n) is 3.59. The summed E-state index contributed by atoms with van der Waals surface area (Å²) in [5, 5.41) is -1.81. The molecule has 1 aliphatic rings. The molecule has 8 heteroatoms. The number of alkyl halides is 3. The van der Waals surface area contributed by atoms with Crippen LogP contribution in [-0.4, -0.2) is 37.2 Å². The van der Waals surface area contributed by atoms with E-state index in [0.29, 0.717) is 0 Å². The number of carbonyl (C=O) groups is 2. The van der Waals surface area contributed by atoms with Crippen molar-refractivity contribution in [1.82, 2.24) is 0 Å². The third-order valence-electron chi connectivity index (χ3n) is 2.24. The minimum absolute atomic E-state index is 0.0864. The molecule has 1 atom stereocenters. The normalized spacial score (nSPS) is 23.6. The molecule has 0 aromatic rings. The number of sulfone groups is 1. The second kappa shape index (κ2) is 4.15. The molecule has 0 aromatic carbocycles. The van der Waals surface area contributed by atoms with Crippen LogP contribution in [0.4, 0.5) is 13.2 Å². The molecular weight excluding hydrogens is 249 g/mol. The largest absolute Gasteiger partial charge is 0.402 e. The molecular formula is C8H9F3O4S. The van der Waals surface area contributed by atoms with Crippen molar-refractivity contribution in [3.8, 4) is 0 Å². The highest BCUT2D eigenvalue weighted by atomic mass is 32.2. The van der Waals surface area contributed by atoms with E-state index >= 15 is 0 Å². The molecule has 0 aromatic heterocycles. The van der Waals surface area contributed by atoms with E-state index in [2.05, 4.69) is 0 Å². The van der Waals surface area contributed by atoms with E-state index in [1.54, 1.807) is 0 Å². The maximum Gasteiger partial charge on any atom is 0.402 e. The first-order chi connectivity index (χ1) is 7.13. The number of rotatable bonds is 2. The molecule has 0 saturated heterocycles. The molecule has 0 spiro atoms. The Hall–Kier alpha value is -0.920. The molecule has 0 radical (unpaired) electrons. The predicted octanol–water partition coefficient (Wildman–Crippen LogP) is 0.654. The minimum atomic E-state index is -4.89. The molecule has 1 rings (SSSR count). The fourth-order valence-corrected chi connectivity index (χ4v) is 3.19. The van der Waals surface area contributed by atoms with Crippen LogP contribution in [0, 0.1) is 0 Å². The van der Waals surface area contributed by atoms with Crippen molar-refractivity contribution in [2.75, 3.05) is 5.75 Å². The number of hydrogen-bond donors (Lipinski definition) is 0. The van der Waals surface area contributed by atoms with Gasteiger partial charge in [0, 0.05) is 6.42 Å². The maximum atomic E-state index is 12.0. The number of halogens is 3. The van der Waals surface area contributed by atoms with Gasteiger partial charge in [-0.25, -0.2) is 8.42 Å². The van der Waals surface area contributed by atoms with Crippen LogP contribution in [0.5, 0.6) is 0 Å². The average molecular weight is 258 g/mol. The molecule has 1 aliphatic carbocycles. The molecule has 0 N–H and O–H groups in total. The van der Waals surface area contributed by atoms with Crippen LogP contribution in [0.2, 0.25) is 0 Å². The Kier molecular flexibility index (Phi) is 3.41. The first kappa shape index (κ1) is 13.1. The van der Waals surface area contributed by atoms with Crippen molar-refractivity contribution in [2.24, 2.45) is 0 Å². The summed E-state index contributed by atoms with van der Waals surface area (Å²) in [6.07, 6.45) is -5.05. The van der Waals surface area contributed by atoms with Crippen LogP contribution in [0.1, 0.15) is 19.3 Å². The minimum Gasteiger partial charge on any atom is -0.291 e. The lowest BCUT2D eigenvalue weighted by Gasteiger charge is -2.20. The summed E-state index contributed by atoms with van der Waals surface area (Å²) in [6, 6.07) is 0. The van der Waals surface area contributed by atoms with Crippen LogP contribution in [0.15, 0.2) is 0 Å². The summed E-state index contributed by atoms with van der Waals surface area (Å²) in [5.41, 5.74) is 0. The van der Waals surface area contributed by atoms with E-state index in [9.17, 15) is 31.2 Å². The molecule has 1 saturated carbocycles. The zero-order valence-electron chi connectivity index (χ0n) is 8.08. The van der Waals surface area contributed by atoms with Gasteiger partial charge in [-0.2, -0.15) is 13.2 Å². The smallest absolute Gasteiger partial charge is 0.291 e. The van der Waals surface area contributed by atoms with Gasteiger partial charge in [-0.3, -0.25) is 9.59 Å². The Bertz CT molecular complexity index is 409. The van der Waals surface area contributed by atoms with E-state index in [1.165, 1.54) is 0 Å². The van der Waals surface area contributed by atoms with Crippen molar-refractivity contribution in [1.29, 1.82) is 0 Å². The second-order valence-corrected chi connectivity index (χ2v) is 5.77. The molecule has 1 fully saturated rings. The molecule has 0 aliphatic heterocycles. The van der Waals surface area contributed by atoms with E-state index in [-0.39, 0.29) is 19.3 Å². The van der Waals surface area contributed by atoms with Gasteiger partial charge in [0.2, 0.25) is 5.78 Å². The van der Waals surface area contributed by atoms with E-state index in [0.717, 1.165) is 0 Å². The van der Waals surface area contributed by atoms with Crippen molar-refractivity contribution >= 4 is 21.4 Å². The lowest BCUT2D eigenvalue weighted by atomic mass is 9.98. The molecule has 4 nitrogen and oxygen atoms in total. The van der Waals surface area contributed by atoms with Gasteiger partial charge in [0.25, 0.3) is 0 Å². The summed E-state index contributed by atoms with van der Waals surface area (Å²) < 4.78 is 58.4. The van der Waals surface area contributed by atoms with Crippen molar-refractivity contribution < 1.29 is 31.2 Å². The fraction of sp³-hybridized carbons (Fsp3) is 0.750. The molecule has 0 heterocycles. The lowest BCUT2D eigenvalue weighted by Crippen LogP contribution is -2.42. The van der Waals surface area contributed by atoms with Gasteiger partial charge in [-0.15, -0.1) is 0 Å². The van der Waals surface area contributed by atoms with E-state index in [1.807, 2.05) is 0 Å². The van der Waals surface area contributed by atoms with Gasteiger partial charge in [-0.1, -0.05) is 0 Å². The summed E-state index contributed by atoms with van der Waals surface area (Å²) in [6.45, 7) is 0. The van der Waals surface area contributed by atoms with Gasteiger partial charge in [0.15, 0.2) is 15.6 Å². The number of carbonyl (C=O) groups excluding carboxylic acids is 2. The van der Waals surface area contributed by atoms with Crippen LogP contribution in [0.3, 0.4) is 0 Å².